The third-order valence-electron chi connectivity index (χ3n) is 2.27. The predicted molar refractivity (Wildman–Crippen MR) is 86.2 cm³/mol. The van der Waals surface area contributed by atoms with E-state index in [4.69, 9.17) is 19.4 Å². The molecule has 0 radical (unpaired) electrons. The first-order valence-electron chi connectivity index (χ1n) is 7.39. The molecule has 8 heteroatoms. The van der Waals surface area contributed by atoms with E-state index < -0.39 is 29.1 Å². The van der Waals surface area contributed by atoms with Gasteiger partial charge in [0.1, 0.15) is 0 Å². The Morgan fingerprint density at radius 1 is 0.833 bits per heavy atom. The molecule has 0 bridgehead atoms. The van der Waals surface area contributed by atoms with Crippen LogP contribution < -0.4 is 0 Å². The summed E-state index contributed by atoms with van der Waals surface area (Å²) in [6.45, 7) is 7.65. The molecule has 0 aromatic rings. The summed E-state index contributed by atoms with van der Waals surface area (Å²) in [6, 6.07) is 0. The molecule has 0 aliphatic carbocycles. The lowest BCUT2D eigenvalue weighted by Gasteiger charge is -2.16. The minimum Gasteiger partial charge on any atom is -0.481 e. The summed E-state index contributed by atoms with van der Waals surface area (Å²) >= 11 is 0. The second-order valence-electron chi connectivity index (χ2n) is 6.31. The number of carboxylic acids is 1. The Morgan fingerprint density at radius 3 is 1.29 bits per heavy atom. The molecule has 0 rings (SSSR count). The number of carboxylic acid groups (broad SMARTS) is 1. The summed E-state index contributed by atoms with van der Waals surface area (Å²) < 4.78 is 9.59. The third kappa shape index (κ3) is 25.0. The van der Waals surface area contributed by atoms with Crippen LogP contribution in [0.2, 0.25) is 0 Å². The van der Waals surface area contributed by atoms with E-state index in [9.17, 15) is 19.8 Å². The van der Waals surface area contributed by atoms with Crippen LogP contribution in [0, 0.1) is 0 Å². The molecule has 8 nitrogen and oxygen atoms in total. The average molecular weight is 348 g/mol. The molecular weight excluding hydrogens is 320 g/mol. The second-order valence-corrected chi connectivity index (χ2v) is 6.31. The molecule has 0 aromatic heterocycles. The van der Waals surface area contributed by atoms with Crippen molar-refractivity contribution in [2.24, 2.45) is 0 Å². The van der Waals surface area contributed by atoms with Crippen molar-refractivity contribution < 1.29 is 39.2 Å². The van der Waals surface area contributed by atoms with Gasteiger partial charge in [-0.05, 0) is 27.7 Å². The highest BCUT2D eigenvalue weighted by molar-refractivity contribution is 5.91. The van der Waals surface area contributed by atoms with Gasteiger partial charge >= 0.3 is 11.9 Å². The zero-order valence-electron chi connectivity index (χ0n) is 14.9. The highest BCUT2D eigenvalue weighted by Crippen LogP contribution is 2.07. The third-order valence-corrected chi connectivity index (χ3v) is 2.27. The quantitative estimate of drug-likeness (QED) is 0.438. The molecule has 0 amide bonds. The first-order valence-corrected chi connectivity index (χ1v) is 7.39. The maximum atomic E-state index is 11.2. The van der Waals surface area contributed by atoms with E-state index in [1.807, 2.05) is 0 Å². The molecule has 0 aliphatic heterocycles. The van der Waals surface area contributed by atoms with E-state index in [2.05, 4.69) is 0 Å². The van der Waals surface area contributed by atoms with Gasteiger partial charge in [0.2, 0.25) is 0 Å². The maximum Gasteiger partial charge on any atom is 0.331 e. The number of hydrogen-bond acceptors (Lipinski definition) is 7. The Kier molecular flexibility index (Phi) is 11.7. The number of ether oxygens (including phenoxy) is 2. The van der Waals surface area contributed by atoms with Crippen molar-refractivity contribution in [2.75, 3.05) is 13.2 Å². The lowest BCUT2D eigenvalue weighted by atomic mass is 10.1. The van der Waals surface area contributed by atoms with Crippen molar-refractivity contribution in [2.45, 2.75) is 58.7 Å². The van der Waals surface area contributed by atoms with Crippen LogP contribution in [0.25, 0.3) is 0 Å². The molecule has 0 saturated heterocycles. The molecule has 0 saturated carbocycles. The lowest BCUT2D eigenvalue weighted by molar-refractivity contribution is -0.141. The lowest BCUT2D eigenvalue weighted by Crippen LogP contribution is -2.22. The molecule has 140 valence electrons. The molecule has 0 atom stereocenters. The van der Waals surface area contributed by atoms with Crippen molar-refractivity contribution in [3.05, 3.63) is 12.2 Å². The van der Waals surface area contributed by atoms with Crippen molar-refractivity contribution in [3.63, 3.8) is 0 Å². The molecule has 0 unspecified atom stereocenters. The van der Waals surface area contributed by atoms with Gasteiger partial charge < -0.3 is 24.8 Å². The summed E-state index contributed by atoms with van der Waals surface area (Å²) in [4.78, 5) is 31.5. The molecule has 0 heterocycles. The zero-order chi connectivity index (χ0) is 19.4. The van der Waals surface area contributed by atoms with Gasteiger partial charge in [0.15, 0.2) is 0 Å². The first kappa shape index (κ1) is 24.3. The van der Waals surface area contributed by atoms with Gasteiger partial charge in [0, 0.05) is 31.9 Å². The van der Waals surface area contributed by atoms with Gasteiger partial charge in [0.25, 0.3) is 5.97 Å². The highest BCUT2D eigenvalue weighted by atomic mass is 16.5. The standard InChI is InChI=1S/C14H24O6.C2H4O2/c1-13(2,17)7-9-19-11(15)5-6-12(16)20-10-8-14(3,4)18;1-2(3)4/h5-6,17-18H,7-10H2,1-4H3;1H3,(H,3,4)/b6-5-;. The summed E-state index contributed by atoms with van der Waals surface area (Å²) in [5, 5.41) is 26.2. The molecule has 0 aliphatic rings. The molecule has 0 spiro atoms. The van der Waals surface area contributed by atoms with Crippen LogP contribution in [0.1, 0.15) is 47.5 Å². The summed E-state index contributed by atoms with van der Waals surface area (Å²) in [5.74, 6) is -2.18. The SMILES string of the molecule is CC(=O)O.CC(C)(O)CCOC(=O)/C=C\C(=O)OCCC(C)(C)O. The number of rotatable bonds is 8. The fraction of sp³-hybridized carbons (Fsp3) is 0.688. The second kappa shape index (κ2) is 11.6. The molecular formula is C16H28O8. The van der Waals surface area contributed by atoms with Gasteiger partial charge in [0.05, 0.1) is 24.4 Å². The van der Waals surface area contributed by atoms with E-state index >= 15 is 0 Å². The van der Waals surface area contributed by atoms with Gasteiger partial charge in [-0.1, -0.05) is 0 Å². The monoisotopic (exact) mass is 348 g/mol. The fourth-order valence-corrected chi connectivity index (χ4v) is 1.04. The van der Waals surface area contributed by atoms with Gasteiger partial charge in [-0.3, -0.25) is 4.79 Å². The number of aliphatic carboxylic acids is 1. The summed E-state index contributed by atoms with van der Waals surface area (Å²) in [5.41, 5.74) is -1.81. The fourth-order valence-electron chi connectivity index (χ4n) is 1.04. The molecule has 0 aromatic carbocycles. The number of carbonyl (C=O) groups excluding carboxylic acids is 2. The minimum absolute atomic E-state index is 0.0699. The van der Waals surface area contributed by atoms with Gasteiger partial charge in [-0.15, -0.1) is 0 Å². The van der Waals surface area contributed by atoms with E-state index in [1.54, 1.807) is 27.7 Å². The number of esters is 2. The van der Waals surface area contributed by atoms with Gasteiger partial charge in [-0.25, -0.2) is 9.59 Å². The minimum atomic E-state index is -0.903. The van der Waals surface area contributed by atoms with Crippen molar-refractivity contribution in [3.8, 4) is 0 Å². The Bertz CT molecular complexity index is 388. The van der Waals surface area contributed by atoms with E-state index in [1.165, 1.54) is 0 Å². The maximum absolute atomic E-state index is 11.2. The Balaban J connectivity index is 0. The van der Waals surface area contributed by atoms with Crippen molar-refractivity contribution >= 4 is 17.9 Å². The summed E-state index contributed by atoms with van der Waals surface area (Å²) in [7, 11) is 0. The Labute approximate surface area is 142 Å². The topological polar surface area (TPSA) is 130 Å². The highest BCUT2D eigenvalue weighted by Gasteiger charge is 2.14. The van der Waals surface area contributed by atoms with E-state index in [0.29, 0.717) is 12.8 Å². The Morgan fingerprint density at radius 2 is 1.08 bits per heavy atom. The van der Waals surface area contributed by atoms with Crippen LogP contribution in [0.15, 0.2) is 12.2 Å². The average Bonchev–Trinajstić information content (AvgIpc) is 2.32. The number of carbonyl (C=O) groups is 3. The van der Waals surface area contributed by atoms with Crippen molar-refractivity contribution in [1.82, 2.24) is 0 Å². The van der Waals surface area contributed by atoms with Crippen molar-refractivity contribution in [1.29, 1.82) is 0 Å². The smallest absolute Gasteiger partial charge is 0.331 e. The molecule has 0 fully saturated rings. The van der Waals surface area contributed by atoms with Gasteiger partial charge in [-0.2, -0.15) is 0 Å². The van der Waals surface area contributed by atoms with Crippen LogP contribution in [-0.2, 0) is 23.9 Å². The molecule has 3 N–H and O–H groups in total. The number of aliphatic hydroxyl groups is 2. The normalized spacial score (nSPS) is 11.5. The number of hydrogen-bond donors (Lipinski definition) is 3. The molecule has 24 heavy (non-hydrogen) atoms. The van der Waals surface area contributed by atoms with E-state index in [-0.39, 0.29) is 13.2 Å². The first-order chi connectivity index (χ1) is 10.7. The predicted octanol–water partition coefficient (Wildman–Crippen LogP) is 1.04. The van der Waals surface area contributed by atoms with Crippen LogP contribution in [0.3, 0.4) is 0 Å². The Hall–Kier alpha value is -1.93. The van der Waals surface area contributed by atoms with Crippen LogP contribution >= 0.6 is 0 Å². The van der Waals surface area contributed by atoms with Crippen LogP contribution in [-0.4, -0.2) is 57.6 Å². The van der Waals surface area contributed by atoms with Crippen LogP contribution in [0.4, 0.5) is 0 Å². The van der Waals surface area contributed by atoms with E-state index in [0.717, 1.165) is 19.1 Å². The van der Waals surface area contributed by atoms with Crippen LogP contribution in [0.5, 0.6) is 0 Å². The zero-order valence-corrected chi connectivity index (χ0v) is 14.9. The summed E-state index contributed by atoms with van der Waals surface area (Å²) in [6.07, 6.45) is 2.55. The largest absolute Gasteiger partial charge is 0.481 e.